The summed E-state index contributed by atoms with van der Waals surface area (Å²) < 4.78 is 0. The molecule has 2 saturated heterocycles. The summed E-state index contributed by atoms with van der Waals surface area (Å²) in [4.78, 5) is 37.9. The Morgan fingerprint density at radius 2 is 1.21 bits per heavy atom. The van der Waals surface area contributed by atoms with Gasteiger partial charge in [0.1, 0.15) is 6.29 Å². The molecule has 0 bridgehead atoms. The molecular weight excluding hydrogens is 606 g/mol. The van der Waals surface area contributed by atoms with E-state index in [2.05, 4.69) is 42.9 Å². The van der Waals surface area contributed by atoms with Gasteiger partial charge in [-0.1, -0.05) is 76.6 Å². The van der Waals surface area contributed by atoms with Crippen LogP contribution in [0.3, 0.4) is 0 Å². The molecule has 2 heterocycles. The van der Waals surface area contributed by atoms with Crippen LogP contribution in [0.4, 0.5) is 11.4 Å². The minimum absolute atomic E-state index is 0.0742. The molecule has 0 amide bonds. The lowest BCUT2D eigenvalue weighted by Crippen LogP contribution is -2.32. The fraction of sp³-hybridized carbons (Fsp3) is 0.579. The SMILES string of the molecule is C=C.CCCCCCN1C[C@@H]2[C@H](C1)C2(C#N)c1cccc([N+](=O)[O-])c1.CCCCCCN1C[C@@H]2[C@H](C1)C2(C=O)c1cccc([N+](=O)[O-])c1. The molecule has 2 aliphatic heterocycles. The van der Waals surface area contributed by atoms with Crippen molar-refractivity contribution in [2.75, 3.05) is 39.3 Å². The van der Waals surface area contributed by atoms with Gasteiger partial charge < -0.3 is 14.6 Å². The maximum Gasteiger partial charge on any atom is 0.269 e. The van der Waals surface area contributed by atoms with Gasteiger partial charge in [-0.15, -0.1) is 13.2 Å². The first-order chi connectivity index (χ1) is 23.3. The van der Waals surface area contributed by atoms with Crippen molar-refractivity contribution in [3.63, 3.8) is 0 Å². The molecule has 0 aromatic heterocycles. The summed E-state index contributed by atoms with van der Waals surface area (Å²) in [6.07, 6.45) is 11.1. The fourth-order valence-electron chi connectivity index (χ4n) is 8.45. The highest BCUT2D eigenvalue weighted by molar-refractivity contribution is 5.77. The Kier molecular flexibility index (Phi) is 12.6. The van der Waals surface area contributed by atoms with Gasteiger partial charge in [0.2, 0.25) is 0 Å². The predicted octanol–water partition coefficient (Wildman–Crippen LogP) is 7.47. The molecule has 2 aromatic carbocycles. The van der Waals surface area contributed by atoms with Crippen LogP contribution >= 0.6 is 0 Å². The van der Waals surface area contributed by atoms with Crippen molar-refractivity contribution in [1.82, 2.24) is 9.80 Å². The first kappa shape index (κ1) is 36.9. The number of nitrogens with zero attached hydrogens (tertiary/aromatic N) is 5. The number of likely N-dealkylation sites (tertiary alicyclic amines) is 2. The Balaban J connectivity index is 0.000000206. The second-order valence-corrected chi connectivity index (χ2v) is 13.7. The summed E-state index contributed by atoms with van der Waals surface area (Å²) in [6.45, 7) is 16.4. The molecule has 10 heteroatoms. The van der Waals surface area contributed by atoms with Gasteiger partial charge in [0.25, 0.3) is 11.4 Å². The number of non-ortho nitro benzene ring substituents is 2. The molecule has 2 aliphatic carbocycles. The maximum atomic E-state index is 11.8. The summed E-state index contributed by atoms with van der Waals surface area (Å²) >= 11 is 0. The van der Waals surface area contributed by atoms with Gasteiger partial charge in [-0.3, -0.25) is 20.2 Å². The number of nitro benzene ring substituents is 2. The van der Waals surface area contributed by atoms with Crippen molar-refractivity contribution in [2.45, 2.75) is 76.0 Å². The van der Waals surface area contributed by atoms with Gasteiger partial charge in [0.05, 0.1) is 26.7 Å². The smallest absolute Gasteiger partial charge is 0.269 e. The van der Waals surface area contributed by atoms with Crippen LogP contribution in [-0.4, -0.2) is 65.2 Å². The van der Waals surface area contributed by atoms with E-state index in [1.807, 2.05) is 12.1 Å². The van der Waals surface area contributed by atoms with Gasteiger partial charge in [-0.2, -0.15) is 5.26 Å². The number of aldehydes is 1. The van der Waals surface area contributed by atoms with E-state index >= 15 is 0 Å². The number of benzene rings is 2. The molecule has 258 valence electrons. The van der Waals surface area contributed by atoms with E-state index in [1.54, 1.807) is 24.3 Å². The van der Waals surface area contributed by atoms with Crippen molar-refractivity contribution in [3.05, 3.63) is 93.0 Å². The fourth-order valence-corrected chi connectivity index (χ4v) is 8.45. The standard InChI is InChI=1S/C18H23N3O2.C18H24N2O3.C2H4/c1-2-3-4-5-9-20-11-16-17(12-20)18(16,13-19)14-7-6-8-15(10-14)21(22)23;1-2-3-4-5-9-19-11-16-17(12-19)18(16,13-21)14-7-6-8-15(10-14)20(22)23;1-2/h6-8,10,16-17H,2-5,9,11-12H2,1H3;6-8,10,13,16-17H,2-5,9,11-12H2,1H3;1-2H2/t2*16-,17+,18?;. The average Bonchev–Trinajstić information content (AvgIpc) is 3.69. The summed E-state index contributed by atoms with van der Waals surface area (Å²) in [5.74, 6) is 1.32. The number of hydrogen-bond acceptors (Lipinski definition) is 8. The highest BCUT2D eigenvalue weighted by Gasteiger charge is 2.70. The normalized spacial score (nSPS) is 28.0. The molecule has 2 aromatic rings. The lowest BCUT2D eigenvalue weighted by atomic mass is 9.91. The van der Waals surface area contributed by atoms with Gasteiger partial charge in [0, 0.05) is 62.3 Å². The van der Waals surface area contributed by atoms with Crippen LogP contribution in [0.15, 0.2) is 61.7 Å². The van der Waals surface area contributed by atoms with E-state index < -0.39 is 10.8 Å². The van der Waals surface area contributed by atoms with Gasteiger partial charge in [0.15, 0.2) is 0 Å². The lowest BCUT2D eigenvalue weighted by Gasteiger charge is -2.23. The number of fused-ring (bicyclic) bond motifs is 2. The molecule has 6 rings (SSSR count). The number of unbranched alkanes of at least 4 members (excludes halogenated alkanes) is 6. The largest absolute Gasteiger partial charge is 0.303 e. The van der Waals surface area contributed by atoms with Crippen LogP contribution in [-0.2, 0) is 15.6 Å². The van der Waals surface area contributed by atoms with Gasteiger partial charge in [-0.25, -0.2) is 0 Å². The van der Waals surface area contributed by atoms with Crippen molar-refractivity contribution >= 4 is 17.7 Å². The minimum atomic E-state index is -0.494. The molecular formula is C38H51N5O5. The van der Waals surface area contributed by atoms with Gasteiger partial charge >= 0.3 is 0 Å². The Morgan fingerprint density at radius 3 is 1.62 bits per heavy atom. The van der Waals surface area contributed by atoms with Crippen LogP contribution < -0.4 is 0 Å². The quantitative estimate of drug-likeness (QED) is 0.0633. The second-order valence-electron chi connectivity index (χ2n) is 13.7. The van der Waals surface area contributed by atoms with E-state index in [0.717, 1.165) is 56.7 Å². The Labute approximate surface area is 285 Å². The summed E-state index contributed by atoms with van der Waals surface area (Å²) in [5.41, 5.74) is 0.832. The van der Waals surface area contributed by atoms with Crippen molar-refractivity contribution in [2.24, 2.45) is 23.7 Å². The third-order valence-electron chi connectivity index (χ3n) is 11.1. The number of nitro groups is 2. The molecule has 0 spiro atoms. The van der Waals surface area contributed by atoms with E-state index in [-0.39, 0.29) is 21.2 Å². The van der Waals surface area contributed by atoms with E-state index in [4.69, 9.17) is 0 Å². The highest BCUT2D eigenvalue weighted by Crippen LogP contribution is 2.64. The predicted molar refractivity (Wildman–Crippen MR) is 188 cm³/mol. The number of nitriles is 1. The van der Waals surface area contributed by atoms with Crippen LogP contribution in [0.25, 0.3) is 0 Å². The average molecular weight is 658 g/mol. The molecule has 2 saturated carbocycles. The first-order valence-electron chi connectivity index (χ1n) is 17.6. The molecule has 0 radical (unpaired) electrons. The van der Waals surface area contributed by atoms with Crippen LogP contribution in [0.5, 0.6) is 0 Å². The van der Waals surface area contributed by atoms with Crippen LogP contribution in [0.1, 0.15) is 76.3 Å². The molecule has 0 N–H and O–H groups in total. The Bertz CT molecular complexity index is 1450. The van der Waals surface area contributed by atoms with Crippen LogP contribution in [0, 0.1) is 55.2 Å². The third kappa shape index (κ3) is 7.37. The highest BCUT2D eigenvalue weighted by atomic mass is 16.6. The second kappa shape index (κ2) is 16.4. The molecule has 2 unspecified atom stereocenters. The number of carbonyl (C=O) groups is 1. The molecule has 6 atom stereocenters. The van der Waals surface area contributed by atoms with Gasteiger partial charge in [-0.05, 0) is 48.9 Å². The number of rotatable bonds is 15. The minimum Gasteiger partial charge on any atom is -0.303 e. The zero-order valence-electron chi connectivity index (χ0n) is 28.6. The number of hydrogen-bond donors (Lipinski definition) is 0. The van der Waals surface area contributed by atoms with Crippen molar-refractivity contribution < 1.29 is 14.6 Å². The van der Waals surface area contributed by atoms with Crippen molar-refractivity contribution in [1.29, 1.82) is 5.26 Å². The molecule has 48 heavy (non-hydrogen) atoms. The Morgan fingerprint density at radius 1 is 0.771 bits per heavy atom. The molecule has 10 nitrogen and oxygen atoms in total. The third-order valence-corrected chi connectivity index (χ3v) is 11.1. The topological polar surface area (TPSA) is 134 Å². The maximum absolute atomic E-state index is 11.8. The van der Waals surface area contributed by atoms with E-state index in [9.17, 15) is 30.3 Å². The molecule has 4 fully saturated rings. The number of carbonyl (C=O) groups excluding carboxylic acids is 1. The Hall–Kier alpha value is -3.94. The first-order valence-corrected chi connectivity index (χ1v) is 17.6. The zero-order valence-corrected chi connectivity index (χ0v) is 28.6. The zero-order chi connectivity index (χ0) is 34.9. The number of piperidine rings is 2. The summed E-state index contributed by atoms with van der Waals surface area (Å²) in [7, 11) is 0. The molecule has 4 aliphatic rings. The van der Waals surface area contributed by atoms with Crippen molar-refractivity contribution in [3.8, 4) is 6.07 Å². The lowest BCUT2D eigenvalue weighted by molar-refractivity contribution is -0.385. The van der Waals surface area contributed by atoms with E-state index in [1.165, 1.54) is 63.5 Å². The monoisotopic (exact) mass is 657 g/mol. The summed E-state index contributed by atoms with van der Waals surface area (Å²) in [5, 5.41) is 31.7. The van der Waals surface area contributed by atoms with Crippen LogP contribution in [0.2, 0.25) is 0 Å². The van der Waals surface area contributed by atoms with E-state index in [0.29, 0.717) is 23.7 Å². The summed E-state index contributed by atoms with van der Waals surface area (Å²) in [6, 6.07) is 15.8.